The van der Waals surface area contributed by atoms with Crippen LogP contribution in [0.25, 0.3) is 0 Å². The molecule has 5 nitrogen and oxygen atoms in total. The van der Waals surface area contributed by atoms with Crippen molar-refractivity contribution in [3.05, 3.63) is 23.2 Å². The van der Waals surface area contributed by atoms with E-state index < -0.39 is 7.60 Å². The molecular weight excluding hydrogens is 315 g/mol. The molecule has 21 heavy (non-hydrogen) atoms. The van der Waals surface area contributed by atoms with Gasteiger partial charge in [-0.1, -0.05) is 30.9 Å². The van der Waals surface area contributed by atoms with Gasteiger partial charge in [0.1, 0.15) is 11.5 Å². The highest BCUT2D eigenvalue weighted by Gasteiger charge is 2.10. The van der Waals surface area contributed by atoms with Crippen LogP contribution < -0.4 is 9.47 Å². The van der Waals surface area contributed by atoms with Gasteiger partial charge in [0, 0.05) is 12.2 Å². The molecule has 0 fully saturated rings. The van der Waals surface area contributed by atoms with Crippen LogP contribution in [0.2, 0.25) is 5.02 Å². The molecule has 0 heterocycles. The van der Waals surface area contributed by atoms with Gasteiger partial charge >= 0.3 is 7.60 Å². The second-order valence-electron chi connectivity index (χ2n) is 4.80. The van der Waals surface area contributed by atoms with Gasteiger partial charge in [-0.25, -0.2) is 0 Å². The van der Waals surface area contributed by atoms with Crippen molar-refractivity contribution in [3.63, 3.8) is 0 Å². The molecule has 0 saturated heterocycles. The van der Waals surface area contributed by atoms with Gasteiger partial charge in [-0.2, -0.15) is 0 Å². The summed E-state index contributed by atoms with van der Waals surface area (Å²) < 4.78 is 21.3. The first-order valence-electron chi connectivity index (χ1n) is 6.93. The first-order chi connectivity index (χ1) is 9.92. The third kappa shape index (κ3) is 8.32. The van der Waals surface area contributed by atoms with Gasteiger partial charge < -0.3 is 19.3 Å². The maximum Gasteiger partial charge on any atom is 0.325 e. The fraction of sp³-hybridized carbons (Fsp3) is 0.571. The van der Waals surface area contributed by atoms with E-state index in [9.17, 15) is 4.57 Å². The number of hydrogen-bond donors (Lipinski definition) is 2. The van der Waals surface area contributed by atoms with Gasteiger partial charge in [0.2, 0.25) is 0 Å². The number of unbranched alkanes of at least 4 members (excludes halogenated alkanes) is 4. The largest absolute Gasteiger partial charge is 0.497 e. The van der Waals surface area contributed by atoms with Crippen LogP contribution in [0.4, 0.5) is 0 Å². The van der Waals surface area contributed by atoms with E-state index in [-0.39, 0.29) is 6.16 Å². The summed E-state index contributed by atoms with van der Waals surface area (Å²) in [6.07, 6.45) is 4.17. The SMILES string of the molecule is COc1ccc(OCCCCCCCP(=O)(O)O)c(Cl)c1. The molecule has 0 aliphatic carbocycles. The van der Waals surface area contributed by atoms with E-state index in [1.807, 2.05) is 0 Å². The van der Waals surface area contributed by atoms with Gasteiger partial charge in [-0.15, -0.1) is 0 Å². The Bertz CT molecular complexity index is 474. The molecule has 120 valence electrons. The molecule has 0 saturated carbocycles. The van der Waals surface area contributed by atoms with Crippen molar-refractivity contribution >= 4 is 19.2 Å². The summed E-state index contributed by atoms with van der Waals surface area (Å²) in [6.45, 7) is 0.574. The van der Waals surface area contributed by atoms with Crippen molar-refractivity contribution in [1.82, 2.24) is 0 Å². The summed E-state index contributed by atoms with van der Waals surface area (Å²) in [5.74, 6) is 1.33. The van der Waals surface area contributed by atoms with Gasteiger partial charge in [0.15, 0.2) is 0 Å². The van der Waals surface area contributed by atoms with E-state index in [0.717, 1.165) is 25.7 Å². The van der Waals surface area contributed by atoms with Crippen LogP contribution in [0, 0.1) is 0 Å². The number of benzene rings is 1. The summed E-state index contributed by atoms with van der Waals surface area (Å²) >= 11 is 6.05. The van der Waals surface area contributed by atoms with E-state index in [4.69, 9.17) is 30.9 Å². The number of rotatable bonds is 10. The predicted molar refractivity (Wildman–Crippen MR) is 83.5 cm³/mol. The minimum Gasteiger partial charge on any atom is -0.497 e. The number of ether oxygens (including phenoxy) is 2. The smallest absolute Gasteiger partial charge is 0.325 e. The van der Waals surface area contributed by atoms with Crippen LogP contribution >= 0.6 is 19.2 Å². The summed E-state index contributed by atoms with van der Waals surface area (Å²) in [7, 11) is -2.25. The fourth-order valence-corrected chi connectivity index (χ4v) is 2.72. The zero-order valence-electron chi connectivity index (χ0n) is 12.1. The zero-order valence-corrected chi connectivity index (χ0v) is 13.8. The molecule has 1 rings (SSSR count). The number of halogens is 1. The minimum atomic E-state index is -3.83. The topological polar surface area (TPSA) is 76.0 Å². The Hall–Kier alpha value is -0.740. The fourth-order valence-electron chi connectivity index (χ4n) is 1.86. The van der Waals surface area contributed by atoms with Gasteiger partial charge in [-0.3, -0.25) is 4.57 Å². The lowest BCUT2D eigenvalue weighted by Crippen LogP contribution is -1.98. The zero-order chi connectivity index (χ0) is 15.7. The van der Waals surface area contributed by atoms with E-state index >= 15 is 0 Å². The average molecular weight is 337 g/mol. The van der Waals surface area contributed by atoms with Crippen molar-refractivity contribution in [2.75, 3.05) is 19.9 Å². The van der Waals surface area contributed by atoms with Crippen LogP contribution in [0.1, 0.15) is 32.1 Å². The molecule has 0 radical (unpaired) electrons. The maximum atomic E-state index is 10.7. The van der Waals surface area contributed by atoms with Gasteiger partial charge in [0.25, 0.3) is 0 Å². The predicted octanol–water partition coefficient (Wildman–Crippen LogP) is 3.86. The van der Waals surface area contributed by atoms with Crippen molar-refractivity contribution in [3.8, 4) is 11.5 Å². The van der Waals surface area contributed by atoms with Crippen LogP contribution in [0.5, 0.6) is 11.5 Å². The second-order valence-corrected chi connectivity index (χ2v) is 6.98. The van der Waals surface area contributed by atoms with E-state index in [1.165, 1.54) is 0 Å². The number of methoxy groups -OCH3 is 1. The Morgan fingerprint density at radius 2 is 1.81 bits per heavy atom. The molecule has 7 heteroatoms. The highest BCUT2D eigenvalue weighted by Crippen LogP contribution is 2.35. The third-order valence-corrected chi connectivity index (χ3v) is 4.18. The highest BCUT2D eigenvalue weighted by molar-refractivity contribution is 7.51. The molecule has 0 aliphatic heterocycles. The molecule has 2 N–H and O–H groups in total. The molecule has 0 amide bonds. The summed E-state index contributed by atoms with van der Waals surface area (Å²) in [6, 6.07) is 5.28. The third-order valence-electron chi connectivity index (χ3n) is 2.99. The highest BCUT2D eigenvalue weighted by atomic mass is 35.5. The lowest BCUT2D eigenvalue weighted by molar-refractivity contribution is 0.304. The lowest BCUT2D eigenvalue weighted by atomic mass is 10.2. The first-order valence-corrected chi connectivity index (χ1v) is 9.11. The van der Waals surface area contributed by atoms with Gasteiger partial charge in [0.05, 0.1) is 18.7 Å². The number of hydrogen-bond acceptors (Lipinski definition) is 3. The Labute approximate surface area is 130 Å². The van der Waals surface area contributed by atoms with Gasteiger partial charge in [-0.05, 0) is 25.0 Å². The normalized spacial score (nSPS) is 11.4. The van der Waals surface area contributed by atoms with E-state index in [1.54, 1.807) is 25.3 Å². The Morgan fingerprint density at radius 1 is 1.14 bits per heavy atom. The standard InChI is InChI=1S/C14H22ClO5P/c1-19-12-7-8-14(13(15)11-12)20-9-5-3-2-4-6-10-21(16,17)18/h7-8,11H,2-6,9-10H2,1H3,(H2,16,17,18). The van der Waals surface area contributed by atoms with Crippen molar-refractivity contribution in [2.45, 2.75) is 32.1 Å². The van der Waals surface area contributed by atoms with E-state index in [2.05, 4.69) is 0 Å². The molecule has 1 aromatic rings. The molecular formula is C14H22ClO5P. The summed E-state index contributed by atoms with van der Waals surface area (Å²) in [4.78, 5) is 17.4. The molecule has 0 bridgehead atoms. The van der Waals surface area contributed by atoms with Crippen LogP contribution in [0.15, 0.2) is 18.2 Å². The van der Waals surface area contributed by atoms with Crippen molar-refractivity contribution in [2.24, 2.45) is 0 Å². The molecule has 0 atom stereocenters. The Balaban J connectivity index is 2.10. The lowest BCUT2D eigenvalue weighted by Gasteiger charge is -2.09. The van der Waals surface area contributed by atoms with Crippen LogP contribution in [-0.2, 0) is 4.57 Å². The monoisotopic (exact) mass is 336 g/mol. The molecule has 0 aromatic heterocycles. The van der Waals surface area contributed by atoms with E-state index in [0.29, 0.717) is 29.5 Å². The minimum absolute atomic E-state index is 0.0229. The second kappa shape index (κ2) is 9.31. The summed E-state index contributed by atoms with van der Waals surface area (Å²) in [5.41, 5.74) is 0. The molecule has 0 spiro atoms. The van der Waals surface area contributed by atoms with Crippen LogP contribution in [-0.4, -0.2) is 29.7 Å². The van der Waals surface area contributed by atoms with Crippen molar-refractivity contribution < 1.29 is 23.8 Å². The molecule has 0 aliphatic rings. The Kier molecular flexibility index (Phi) is 8.12. The first kappa shape index (κ1) is 18.3. The van der Waals surface area contributed by atoms with Crippen molar-refractivity contribution in [1.29, 1.82) is 0 Å². The average Bonchev–Trinajstić information content (AvgIpc) is 2.42. The molecule has 1 aromatic carbocycles. The maximum absolute atomic E-state index is 10.7. The molecule has 0 unspecified atom stereocenters. The van der Waals surface area contributed by atoms with Crippen LogP contribution in [0.3, 0.4) is 0 Å². The Morgan fingerprint density at radius 3 is 2.43 bits per heavy atom. The quantitative estimate of drug-likeness (QED) is 0.501. The summed E-state index contributed by atoms with van der Waals surface area (Å²) in [5, 5.41) is 0.524.